The van der Waals surface area contributed by atoms with E-state index in [1.165, 1.54) is 0 Å². The fourth-order valence-electron chi connectivity index (χ4n) is 1.46. The molecule has 5 heteroatoms. The van der Waals surface area contributed by atoms with Gasteiger partial charge in [0, 0.05) is 5.56 Å². The molecule has 0 fully saturated rings. The largest absolute Gasteiger partial charge is 0.479 e. The predicted molar refractivity (Wildman–Crippen MR) is 63.3 cm³/mol. The van der Waals surface area contributed by atoms with Gasteiger partial charge in [0.25, 0.3) is 5.91 Å². The lowest BCUT2D eigenvalue weighted by molar-refractivity contribution is -0.122. The maximum atomic E-state index is 11.4. The van der Waals surface area contributed by atoms with Crippen molar-refractivity contribution < 1.29 is 14.3 Å². The number of Topliss-reactive ketones (excluding diaryl/α,β-unsaturated/α-hetero) is 1. The number of carbonyl (C=O) groups is 2. The van der Waals surface area contributed by atoms with E-state index in [4.69, 9.17) is 4.74 Å². The van der Waals surface area contributed by atoms with Crippen LogP contribution < -0.4 is 10.1 Å². The van der Waals surface area contributed by atoms with E-state index in [0.717, 1.165) is 0 Å². The Kier molecular flexibility index (Phi) is 2.96. The number of amides is 1. The number of carbonyl (C=O) groups excluding carboxylic acids is 2. The number of hydrogen-bond acceptors (Lipinski definition) is 3. The van der Waals surface area contributed by atoms with E-state index < -0.39 is 6.10 Å². The second-order valence-electron chi connectivity index (χ2n) is 3.52. The lowest BCUT2D eigenvalue weighted by atomic mass is 10.1. The van der Waals surface area contributed by atoms with Gasteiger partial charge in [-0.1, -0.05) is 15.9 Å². The average Bonchev–Trinajstić information content (AvgIpc) is 2.29. The molecule has 0 radical (unpaired) electrons. The topological polar surface area (TPSA) is 55.4 Å². The van der Waals surface area contributed by atoms with E-state index >= 15 is 0 Å². The van der Waals surface area contributed by atoms with Crippen molar-refractivity contribution in [3.05, 3.63) is 23.8 Å². The first-order valence-corrected chi connectivity index (χ1v) is 5.94. The Hall–Kier alpha value is -1.36. The quantitative estimate of drug-likeness (QED) is 0.667. The Balaban J connectivity index is 2.36. The molecule has 84 valence electrons. The SMILES string of the molecule is CC1Oc2ccc(C(=O)CBr)cc2NC1=O. The first-order valence-electron chi connectivity index (χ1n) is 4.82. The van der Waals surface area contributed by atoms with E-state index in [2.05, 4.69) is 21.2 Å². The van der Waals surface area contributed by atoms with Crippen LogP contribution in [0, 0.1) is 0 Å². The minimum atomic E-state index is -0.495. The highest BCUT2D eigenvalue weighted by Gasteiger charge is 2.23. The lowest BCUT2D eigenvalue weighted by Gasteiger charge is -2.23. The molecule has 1 aromatic carbocycles. The zero-order valence-corrected chi connectivity index (χ0v) is 10.2. The normalized spacial score (nSPS) is 18.4. The van der Waals surface area contributed by atoms with Crippen LogP contribution in [0.25, 0.3) is 0 Å². The first kappa shape index (κ1) is 11.1. The van der Waals surface area contributed by atoms with Crippen LogP contribution in [0.2, 0.25) is 0 Å². The van der Waals surface area contributed by atoms with Gasteiger partial charge in [-0.25, -0.2) is 0 Å². The van der Waals surface area contributed by atoms with Crippen LogP contribution in [-0.2, 0) is 4.79 Å². The summed E-state index contributed by atoms with van der Waals surface area (Å²) >= 11 is 3.10. The van der Waals surface area contributed by atoms with E-state index in [1.807, 2.05) is 0 Å². The Labute approximate surface area is 101 Å². The summed E-state index contributed by atoms with van der Waals surface area (Å²) in [5.74, 6) is 0.366. The van der Waals surface area contributed by atoms with Gasteiger partial charge in [0.1, 0.15) is 5.75 Å². The molecule has 0 aliphatic carbocycles. The fourth-order valence-corrected chi connectivity index (χ4v) is 1.78. The summed E-state index contributed by atoms with van der Waals surface area (Å²) in [6, 6.07) is 5.01. The maximum Gasteiger partial charge on any atom is 0.265 e. The molecule has 1 heterocycles. The zero-order chi connectivity index (χ0) is 11.7. The van der Waals surface area contributed by atoms with Gasteiger partial charge in [-0.05, 0) is 25.1 Å². The van der Waals surface area contributed by atoms with Gasteiger partial charge >= 0.3 is 0 Å². The Morgan fingerprint density at radius 2 is 2.31 bits per heavy atom. The summed E-state index contributed by atoms with van der Waals surface area (Å²) in [6.07, 6.45) is -0.495. The number of ketones is 1. The van der Waals surface area contributed by atoms with Crippen molar-refractivity contribution in [2.24, 2.45) is 0 Å². The number of fused-ring (bicyclic) bond motifs is 1. The van der Waals surface area contributed by atoms with E-state index in [-0.39, 0.29) is 17.0 Å². The van der Waals surface area contributed by atoms with Crippen LogP contribution in [0.1, 0.15) is 17.3 Å². The fraction of sp³-hybridized carbons (Fsp3) is 0.273. The van der Waals surface area contributed by atoms with Gasteiger partial charge in [0.2, 0.25) is 0 Å². The minimum Gasteiger partial charge on any atom is -0.479 e. The number of benzene rings is 1. The van der Waals surface area contributed by atoms with Crippen LogP contribution in [0.4, 0.5) is 5.69 Å². The molecule has 1 unspecified atom stereocenters. The van der Waals surface area contributed by atoms with Crippen LogP contribution in [0.3, 0.4) is 0 Å². The number of anilines is 1. The molecule has 0 spiro atoms. The molecular formula is C11H10BrNO3. The molecule has 0 saturated heterocycles. The Bertz CT molecular complexity index is 459. The molecule has 0 bridgehead atoms. The Morgan fingerprint density at radius 3 is 3.00 bits per heavy atom. The molecule has 1 aliphatic heterocycles. The summed E-state index contributed by atoms with van der Waals surface area (Å²) in [4.78, 5) is 22.8. The van der Waals surface area contributed by atoms with E-state index in [0.29, 0.717) is 17.0 Å². The summed E-state index contributed by atoms with van der Waals surface area (Å²) < 4.78 is 5.38. The van der Waals surface area contributed by atoms with Crippen molar-refractivity contribution in [3.8, 4) is 5.75 Å². The van der Waals surface area contributed by atoms with Crippen molar-refractivity contribution in [1.82, 2.24) is 0 Å². The molecule has 1 atom stereocenters. The number of nitrogens with one attached hydrogen (secondary N) is 1. The molecule has 0 aromatic heterocycles. The average molecular weight is 284 g/mol. The third kappa shape index (κ3) is 1.95. The van der Waals surface area contributed by atoms with Crippen molar-refractivity contribution in [3.63, 3.8) is 0 Å². The predicted octanol–water partition coefficient (Wildman–Crippen LogP) is 1.98. The molecule has 1 aromatic rings. The molecule has 16 heavy (non-hydrogen) atoms. The van der Waals surface area contributed by atoms with Gasteiger partial charge in [0.15, 0.2) is 11.9 Å². The van der Waals surface area contributed by atoms with Gasteiger partial charge in [-0.2, -0.15) is 0 Å². The van der Waals surface area contributed by atoms with Crippen molar-refractivity contribution in [2.45, 2.75) is 13.0 Å². The standard InChI is InChI=1S/C11H10BrNO3/c1-6-11(15)13-8-4-7(9(14)5-12)2-3-10(8)16-6/h2-4,6H,5H2,1H3,(H,13,15). The maximum absolute atomic E-state index is 11.4. The van der Waals surface area contributed by atoms with Crippen LogP contribution in [0.5, 0.6) is 5.75 Å². The molecular weight excluding hydrogens is 274 g/mol. The van der Waals surface area contributed by atoms with Crippen molar-refractivity contribution >= 4 is 33.3 Å². The van der Waals surface area contributed by atoms with Crippen LogP contribution in [0.15, 0.2) is 18.2 Å². The number of alkyl halides is 1. The van der Waals surface area contributed by atoms with Gasteiger partial charge < -0.3 is 10.1 Å². The van der Waals surface area contributed by atoms with Gasteiger partial charge in [-0.3, -0.25) is 9.59 Å². The highest BCUT2D eigenvalue weighted by molar-refractivity contribution is 9.09. The molecule has 1 amide bonds. The number of rotatable bonds is 2. The monoisotopic (exact) mass is 283 g/mol. The second-order valence-corrected chi connectivity index (χ2v) is 4.08. The molecule has 1 N–H and O–H groups in total. The Morgan fingerprint density at radius 1 is 1.56 bits per heavy atom. The minimum absolute atomic E-state index is 0.0318. The second kappa shape index (κ2) is 4.25. The van der Waals surface area contributed by atoms with Crippen LogP contribution >= 0.6 is 15.9 Å². The molecule has 2 rings (SSSR count). The van der Waals surface area contributed by atoms with Crippen molar-refractivity contribution in [2.75, 3.05) is 10.6 Å². The third-order valence-electron chi connectivity index (χ3n) is 2.35. The highest BCUT2D eigenvalue weighted by Crippen LogP contribution is 2.30. The number of ether oxygens (including phenoxy) is 1. The zero-order valence-electron chi connectivity index (χ0n) is 8.62. The first-order chi connectivity index (χ1) is 7.61. The van der Waals surface area contributed by atoms with Gasteiger partial charge in [-0.15, -0.1) is 0 Å². The highest BCUT2D eigenvalue weighted by atomic mass is 79.9. The van der Waals surface area contributed by atoms with Crippen LogP contribution in [-0.4, -0.2) is 23.1 Å². The number of hydrogen-bond donors (Lipinski definition) is 1. The lowest BCUT2D eigenvalue weighted by Crippen LogP contribution is -2.34. The summed E-state index contributed by atoms with van der Waals surface area (Å²) in [5, 5.41) is 2.96. The molecule has 4 nitrogen and oxygen atoms in total. The van der Waals surface area contributed by atoms with Crippen molar-refractivity contribution in [1.29, 1.82) is 0 Å². The smallest absolute Gasteiger partial charge is 0.265 e. The third-order valence-corrected chi connectivity index (χ3v) is 2.86. The summed E-state index contributed by atoms with van der Waals surface area (Å²) in [5.41, 5.74) is 1.10. The number of halogens is 1. The molecule has 0 saturated carbocycles. The molecule has 1 aliphatic rings. The summed E-state index contributed by atoms with van der Waals surface area (Å²) in [7, 11) is 0. The van der Waals surface area contributed by atoms with E-state index in [9.17, 15) is 9.59 Å². The van der Waals surface area contributed by atoms with E-state index in [1.54, 1.807) is 25.1 Å². The van der Waals surface area contributed by atoms with Gasteiger partial charge in [0.05, 0.1) is 11.0 Å². The summed E-state index contributed by atoms with van der Waals surface area (Å²) in [6.45, 7) is 1.68.